The largest absolute Gasteiger partial charge is 0.391 e. The Balaban J connectivity index is 2.44. The van der Waals surface area contributed by atoms with Crippen LogP contribution in [0.3, 0.4) is 0 Å². The van der Waals surface area contributed by atoms with Crippen LogP contribution in [0.15, 0.2) is 6.20 Å². The highest BCUT2D eigenvalue weighted by atomic mass is 32.1. The van der Waals surface area contributed by atoms with Crippen molar-refractivity contribution in [3.63, 3.8) is 0 Å². The van der Waals surface area contributed by atoms with Gasteiger partial charge in [-0.05, 0) is 6.92 Å². The number of nitrogens with zero attached hydrogens (tertiary/aromatic N) is 1. The number of aliphatic hydroxyl groups is 1. The molecule has 0 aliphatic carbocycles. The zero-order chi connectivity index (χ0) is 8.10. The Bertz CT molecular complexity index is 212. The molecule has 0 aliphatic heterocycles. The second-order valence-electron chi connectivity index (χ2n) is 2.02. The van der Waals surface area contributed by atoms with Crippen LogP contribution < -0.4 is 0 Å². The van der Waals surface area contributed by atoms with Crippen LogP contribution in [0.25, 0.3) is 0 Å². The van der Waals surface area contributed by atoms with Gasteiger partial charge in [0, 0.05) is 12.8 Å². The summed E-state index contributed by atoms with van der Waals surface area (Å²) < 4.78 is 5.14. The summed E-state index contributed by atoms with van der Waals surface area (Å²) in [7, 11) is 0. The Labute approximate surface area is 69.7 Å². The third-order valence-electron chi connectivity index (χ3n) is 1.19. The fourth-order valence-corrected chi connectivity index (χ4v) is 1.40. The minimum atomic E-state index is 0.0732. The Morgan fingerprint density at radius 2 is 2.55 bits per heavy atom. The van der Waals surface area contributed by atoms with Crippen molar-refractivity contribution >= 4 is 11.3 Å². The van der Waals surface area contributed by atoms with Gasteiger partial charge in [-0.25, -0.2) is 4.98 Å². The smallest absolute Gasteiger partial charge is 0.119 e. The summed E-state index contributed by atoms with van der Waals surface area (Å²) in [6, 6.07) is 0. The molecule has 0 aliphatic rings. The quantitative estimate of drug-likeness (QED) is 0.743. The van der Waals surface area contributed by atoms with E-state index in [0.29, 0.717) is 13.2 Å². The zero-order valence-electron chi connectivity index (χ0n) is 6.41. The average Bonchev–Trinajstić information content (AvgIpc) is 2.48. The van der Waals surface area contributed by atoms with E-state index in [-0.39, 0.29) is 6.61 Å². The standard InChI is InChI=1S/C7H11NO2S/c1-2-10-5-7-8-3-6(4-9)11-7/h3,9H,2,4-5H2,1H3. The highest BCUT2D eigenvalue weighted by Gasteiger charge is 1.99. The van der Waals surface area contributed by atoms with Gasteiger partial charge in [0.15, 0.2) is 0 Å². The second kappa shape index (κ2) is 4.43. The van der Waals surface area contributed by atoms with Crippen molar-refractivity contribution < 1.29 is 9.84 Å². The monoisotopic (exact) mass is 173 g/mol. The Kier molecular flexibility index (Phi) is 3.48. The Hall–Kier alpha value is -0.450. The third-order valence-corrected chi connectivity index (χ3v) is 2.14. The lowest BCUT2D eigenvalue weighted by molar-refractivity contribution is 0.134. The van der Waals surface area contributed by atoms with E-state index in [2.05, 4.69) is 4.98 Å². The summed E-state index contributed by atoms with van der Waals surface area (Å²) >= 11 is 1.49. The third kappa shape index (κ3) is 2.57. The number of aliphatic hydroxyl groups excluding tert-OH is 1. The van der Waals surface area contributed by atoms with Gasteiger partial charge >= 0.3 is 0 Å². The van der Waals surface area contributed by atoms with Gasteiger partial charge in [-0.1, -0.05) is 0 Å². The van der Waals surface area contributed by atoms with E-state index in [1.165, 1.54) is 11.3 Å². The van der Waals surface area contributed by atoms with Gasteiger partial charge in [0.2, 0.25) is 0 Å². The molecule has 1 aromatic rings. The van der Waals surface area contributed by atoms with Crippen LogP contribution in [0.1, 0.15) is 16.8 Å². The van der Waals surface area contributed by atoms with Crippen molar-refractivity contribution in [1.29, 1.82) is 0 Å². The number of ether oxygens (including phenoxy) is 1. The van der Waals surface area contributed by atoms with E-state index >= 15 is 0 Å². The maximum absolute atomic E-state index is 8.71. The van der Waals surface area contributed by atoms with Gasteiger partial charge in [0.05, 0.1) is 18.1 Å². The van der Waals surface area contributed by atoms with Gasteiger partial charge in [-0.3, -0.25) is 0 Å². The van der Waals surface area contributed by atoms with Gasteiger partial charge in [-0.15, -0.1) is 11.3 Å². The maximum atomic E-state index is 8.71. The van der Waals surface area contributed by atoms with Crippen LogP contribution in [-0.2, 0) is 18.0 Å². The molecule has 1 aromatic heterocycles. The van der Waals surface area contributed by atoms with Crippen molar-refractivity contribution in [3.05, 3.63) is 16.1 Å². The number of aromatic nitrogens is 1. The van der Waals surface area contributed by atoms with Crippen LogP contribution in [0.2, 0.25) is 0 Å². The number of thiazole rings is 1. The molecule has 0 atom stereocenters. The van der Waals surface area contributed by atoms with Crippen LogP contribution >= 0.6 is 11.3 Å². The molecular weight excluding hydrogens is 162 g/mol. The average molecular weight is 173 g/mol. The molecule has 11 heavy (non-hydrogen) atoms. The maximum Gasteiger partial charge on any atom is 0.119 e. The molecule has 0 unspecified atom stereocenters. The Morgan fingerprint density at radius 1 is 1.73 bits per heavy atom. The fourth-order valence-electron chi connectivity index (χ4n) is 0.677. The summed E-state index contributed by atoms with van der Waals surface area (Å²) in [6.07, 6.45) is 1.68. The van der Waals surface area contributed by atoms with Crippen molar-refractivity contribution in [2.24, 2.45) is 0 Å². The van der Waals surface area contributed by atoms with Crippen molar-refractivity contribution in [2.45, 2.75) is 20.1 Å². The second-order valence-corrected chi connectivity index (χ2v) is 3.22. The summed E-state index contributed by atoms with van der Waals surface area (Å²) in [4.78, 5) is 4.95. The fraction of sp³-hybridized carbons (Fsp3) is 0.571. The number of hydrogen-bond acceptors (Lipinski definition) is 4. The van der Waals surface area contributed by atoms with Crippen molar-refractivity contribution in [2.75, 3.05) is 6.61 Å². The SMILES string of the molecule is CCOCc1ncc(CO)s1. The molecule has 0 amide bonds. The molecule has 62 valence electrons. The highest BCUT2D eigenvalue weighted by Crippen LogP contribution is 2.13. The summed E-state index contributed by atoms with van der Waals surface area (Å²) in [6.45, 7) is 3.28. The van der Waals surface area contributed by atoms with E-state index in [1.807, 2.05) is 6.92 Å². The molecule has 0 saturated heterocycles. The normalized spacial score (nSPS) is 10.4. The lowest BCUT2D eigenvalue weighted by Crippen LogP contribution is -1.89. The van der Waals surface area contributed by atoms with Crippen molar-refractivity contribution in [3.8, 4) is 0 Å². The molecule has 0 radical (unpaired) electrons. The summed E-state index contributed by atoms with van der Waals surface area (Å²) in [5.41, 5.74) is 0. The van der Waals surface area contributed by atoms with Crippen LogP contribution in [0, 0.1) is 0 Å². The molecule has 0 bridgehead atoms. The van der Waals surface area contributed by atoms with Gasteiger partial charge in [0.25, 0.3) is 0 Å². The van der Waals surface area contributed by atoms with E-state index in [9.17, 15) is 0 Å². The molecule has 1 N–H and O–H groups in total. The first-order valence-electron chi connectivity index (χ1n) is 3.49. The predicted molar refractivity (Wildman–Crippen MR) is 43.4 cm³/mol. The lowest BCUT2D eigenvalue weighted by atomic mass is 10.6. The molecule has 1 rings (SSSR count). The molecule has 0 saturated carbocycles. The van der Waals surface area contributed by atoms with E-state index in [4.69, 9.17) is 9.84 Å². The molecule has 0 spiro atoms. The highest BCUT2D eigenvalue weighted by molar-refractivity contribution is 7.11. The van der Waals surface area contributed by atoms with Crippen LogP contribution in [-0.4, -0.2) is 16.7 Å². The van der Waals surface area contributed by atoms with E-state index in [0.717, 1.165) is 9.88 Å². The predicted octanol–water partition coefficient (Wildman–Crippen LogP) is 1.17. The molecular formula is C7H11NO2S. The van der Waals surface area contributed by atoms with Crippen LogP contribution in [0.5, 0.6) is 0 Å². The molecule has 4 heteroatoms. The molecule has 3 nitrogen and oxygen atoms in total. The van der Waals surface area contributed by atoms with Gasteiger partial charge in [-0.2, -0.15) is 0 Å². The molecule has 1 heterocycles. The van der Waals surface area contributed by atoms with Gasteiger partial charge in [0.1, 0.15) is 5.01 Å². The topological polar surface area (TPSA) is 42.4 Å². The first-order chi connectivity index (χ1) is 5.36. The first-order valence-corrected chi connectivity index (χ1v) is 4.30. The molecule has 0 aromatic carbocycles. The zero-order valence-corrected chi connectivity index (χ0v) is 7.23. The summed E-state index contributed by atoms with van der Waals surface area (Å²) in [5, 5.41) is 9.63. The first kappa shape index (κ1) is 8.64. The minimum Gasteiger partial charge on any atom is -0.391 e. The van der Waals surface area contributed by atoms with E-state index in [1.54, 1.807) is 6.20 Å². The summed E-state index contributed by atoms with van der Waals surface area (Å²) in [5.74, 6) is 0. The minimum absolute atomic E-state index is 0.0732. The van der Waals surface area contributed by atoms with Crippen molar-refractivity contribution in [1.82, 2.24) is 4.98 Å². The number of rotatable bonds is 4. The van der Waals surface area contributed by atoms with Gasteiger partial charge < -0.3 is 9.84 Å². The number of hydrogen-bond donors (Lipinski definition) is 1. The lowest BCUT2D eigenvalue weighted by Gasteiger charge is -1.93. The molecule has 0 fully saturated rings. The Morgan fingerprint density at radius 3 is 3.09 bits per heavy atom. The van der Waals surface area contributed by atoms with E-state index < -0.39 is 0 Å². The van der Waals surface area contributed by atoms with Crippen LogP contribution in [0.4, 0.5) is 0 Å².